The minimum atomic E-state index is -4.51. The number of methoxy groups -OCH3 is 1. The zero-order valence-corrected chi connectivity index (χ0v) is 16.7. The van der Waals surface area contributed by atoms with Crippen LogP contribution in [0.1, 0.15) is 37.7 Å². The highest BCUT2D eigenvalue weighted by Crippen LogP contribution is 2.33. The lowest BCUT2D eigenvalue weighted by molar-refractivity contribution is -0.137. The van der Waals surface area contributed by atoms with Crippen LogP contribution in [0.3, 0.4) is 0 Å². The van der Waals surface area contributed by atoms with Crippen LogP contribution < -0.4 is 5.32 Å². The standard InChI is InChI=1S/C17H17ClF3N3O3S/c1-8-12(16(26)27-3)9(2)24-13(8)14(25)22-4-5-28-15-11(18)6-10(7-23-15)17(19,20)21/h6-7,24H,4-5H2,1-3H3,(H,22,25). The molecular formula is C17H17ClF3N3O3S. The molecule has 152 valence electrons. The number of hydrogen-bond donors (Lipinski definition) is 2. The van der Waals surface area contributed by atoms with Gasteiger partial charge in [0.1, 0.15) is 10.7 Å². The summed E-state index contributed by atoms with van der Waals surface area (Å²) in [6, 6.07) is 0.814. The number of alkyl halides is 3. The molecule has 0 spiro atoms. The Morgan fingerprint density at radius 1 is 1.36 bits per heavy atom. The number of H-pyrrole nitrogens is 1. The number of pyridine rings is 1. The second-order valence-electron chi connectivity index (χ2n) is 5.73. The minimum absolute atomic E-state index is 0.107. The maximum Gasteiger partial charge on any atom is 0.417 e. The molecule has 0 saturated carbocycles. The molecule has 28 heavy (non-hydrogen) atoms. The van der Waals surface area contributed by atoms with Crippen molar-refractivity contribution in [3.05, 3.63) is 45.4 Å². The van der Waals surface area contributed by atoms with Crippen LogP contribution in [0.2, 0.25) is 5.02 Å². The average molecular weight is 436 g/mol. The van der Waals surface area contributed by atoms with E-state index in [4.69, 9.17) is 16.3 Å². The second-order valence-corrected chi connectivity index (χ2v) is 7.22. The summed E-state index contributed by atoms with van der Waals surface area (Å²) in [7, 11) is 1.26. The molecule has 0 radical (unpaired) electrons. The van der Waals surface area contributed by atoms with Crippen molar-refractivity contribution in [2.45, 2.75) is 25.0 Å². The van der Waals surface area contributed by atoms with Crippen molar-refractivity contribution >= 4 is 35.2 Å². The summed E-state index contributed by atoms with van der Waals surface area (Å²) >= 11 is 6.95. The van der Waals surface area contributed by atoms with Gasteiger partial charge in [0.05, 0.1) is 23.3 Å². The molecule has 11 heteroatoms. The number of nitrogens with one attached hydrogen (secondary N) is 2. The van der Waals surface area contributed by atoms with Crippen LogP contribution in [-0.2, 0) is 10.9 Å². The van der Waals surface area contributed by atoms with Gasteiger partial charge in [-0.1, -0.05) is 11.6 Å². The summed E-state index contributed by atoms with van der Waals surface area (Å²) < 4.78 is 42.5. The molecule has 1 amide bonds. The number of amides is 1. The van der Waals surface area contributed by atoms with Gasteiger partial charge >= 0.3 is 12.1 Å². The molecule has 0 unspecified atom stereocenters. The maximum atomic E-state index is 12.6. The van der Waals surface area contributed by atoms with E-state index in [-0.39, 0.29) is 22.3 Å². The van der Waals surface area contributed by atoms with E-state index < -0.39 is 23.6 Å². The topological polar surface area (TPSA) is 84.1 Å². The first kappa shape index (κ1) is 22.1. The molecule has 0 aromatic carbocycles. The van der Waals surface area contributed by atoms with E-state index in [1.807, 2.05) is 0 Å². The summed E-state index contributed by atoms with van der Waals surface area (Å²) in [5, 5.41) is 2.80. The summed E-state index contributed by atoms with van der Waals surface area (Å²) in [6.07, 6.45) is -3.80. The van der Waals surface area contributed by atoms with E-state index in [1.165, 1.54) is 7.11 Å². The highest BCUT2D eigenvalue weighted by atomic mass is 35.5. The van der Waals surface area contributed by atoms with Crippen molar-refractivity contribution in [3.63, 3.8) is 0 Å². The highest BCUT2D eigenvalue weighted by molar-refractivity contribution is 7.99. The summed E-state index contributed by atoms with van der Waals surface area (Å²) in [5.41, 5.74) is 0.622. The highest BCUT2D eigenvalue weighted by Gasteiger charge is 2.31. The van der Waals surface area contributed by atoms with E-state index in [0.717, 1.165) is 17.8 Å². The van der Waals surface area contributed by atoms with Crippen molar-refractivity contribution in [1.29, 1.82) is 0 Å². The molecule has 0 atom stereocenters. The van der Waals surface area contributed by atoms with Gasteiger partial charge in [0.15, 0.2) is 0 Å². The lowest BCUT2D eigenvalue weighted by Crippen LogP contribution is -2.26. The van der Waals surface area contributed by atoms with Gasteiger partial charge in [-0.05, 0) is 25.5 Å². The third-order valence-corrected chi connectivity index (χ3v) is 5.22. The number of aryl methyl sites for hydroxylation is 1. The normalized spacial score (nSPS) is 11.4. The van der Waals surface area contributed by atoms with Crippen LogP contribution in [-0.4, -0.2) is 41.3 Å². The Labute approximate surface area is 168 Å². The summed E-state index contributed by atoms with van der Waals surface area (Å²) in [6.45, 7) is 3.50. The molecule has 0 bridgehead atoms. The van der Waals surface area contributed by atoms with Crippen LogP contribution in [0.15, 0.2) is 17.3 Å². The monoisotopic (exact) mass is 435 g/mol. The van der Waals surface area contributed by atoms with Gasteiger partial charge in [-0.25, -0.2) is 9.78 Å². The van der Waals surface area contributed by atoms with Crippen molar-refractivity contribution < 1.29 is 27.5 Å². The minimum Gasteiger partial charge on any atom is -0.465 e. The average Bonchev–Trinajstić information content (AvgIpc) is 2.92. The van der Waals surface area contributed by atoms with Crippen LogP contribution >= 0.6 is 23.4 Å². The molecule has 2 aromatic rings. The predicted molar refractivity (Wildman–Crippen MR) is 98.9 cm³/mol. The van der Waals surface area contributed by atoms with Gasteiger partial charge in [0, 0.05) is 24.2 Å². The quantitative estimate of drug-likeness (QED) is 0.407. The Balaban J connectivity index is 1.94. The Morgan fingerprint density at radius 2 is 2.04 bits per heavy atom. The number of thioether (sulfide) groups is 1. The van der Waals surface area contributed by atoms with E-state index in [0.29, 0.717) is 28.8 Å². The maximum absolute atomic E-state index is 12.6. The summed E-state index contributed by atoms with van der Waals surface area (Å²) in [4.78, 5) is 30.6. The molecule has 0 aliphatic carbocycles. The fourth-order valence-corrected chi connectivity index (χ4v) is 3.52. The smallest absolute Gasteiger partial charge is 0.417 e. The number of esters is 1. The second kappa shape index (κ2) is 8.87. The SMILES string of the molecule is COC(=O)c1c(C)[nH]c(C(=O)NCCSc2ncc(C(F)(F)F)cc2Cl)c1C. The first-order valence-corrected chi connectivity index (χ1v) is 9.33. The number of ether oxygens (including phenoxy) is 1. The Morgan fingerprint density at radius 3 is 2.61 bits per heavy atom. The predicted octanol–water partition coefficient (Wildman–Crippen LogP) is 4.01. The van der Waals surface area contributed by atoms with Crippen LogP contribution in [0, 0.1) is 13.8 Å². The first-order chi connectivity index (χ1) is 13.1. The molecule has 2 aromatic heterocycles. The molecule has 2 rings (SSSR count). The van der Waals surface area contributed by atoms with Gasteiger partial charge < -0.3 is 15.0 Å². The number of halogens is 4. The number of aromatic nitrogens is 2. The molecule has 2 heterocycles. The molecule has 0 aliphatic rings. The third-order valence-electron chi connectivity index (χ3n) is 3.82. The van der Waals surface area contributed by atoms with Crippen LogP contribution in [0.4, 0.5) is 13.2 Å². The molecular weight excluding hydrogens is 419 g/mol. The molecule has 0 aliphatic heterocycles. The van der Waals surface area contributed by atoms with Crippen LogP contribution in [0.25, 0.3) is 0 Å². The zero-order valence-electron chi connectivity index (χ0n) is 15.2. The Bertz CT molecular complexity index is 900. The Kier molecular flexibility index (Phi) is 7.00. The number of carbonyl (C=O) groups is 2. The lowest BCUT2D eigenvalue weighted by Gasteiger charge is -2.09. The summed E-state index contributed by atoms with van der Waals surface area (Å²) in [5.74, 6) is -0.612. The molecule has 0 saturated heterocycles. The van der Waals surface area contributed by atoms with Gasteiger partial charge in [0.25, 0.3) is 5.91 Å². The van der Waals surface area contributed by atoms with Gasteiger partial charge in [0.2, 0.25) is 0 Å². The van der Waals surface area contributed by atoms with Crippen molar-refractivity contribution in [2.24, 2.45) is 0 Å². The fraction of sp³-hybridized carbons (Fsp3) is 0.353. The molecule has 0 fully saturated rings. The molecule has 2 N–H and O–H groups in total. The lowest BCUT2D eigenvalue weighted by atomic mass is 10.1. The van der Waals surface area contributed by atoms with E-state index >= 15 is 0 Å². The number of nitrogens with zero attached hydrogens (tertiary/aromatic N) is 1. The Hall–Kier alpha value is -2.20. The largest absolute Gasteiger partial charge is 0.465 e. The number of rotatable bonds is 6. The van der Waals surface area contributed by atoms with Gasteiger partial charge in [-0.2, -0.15) is 13.2 Å². The molecule has 6 nitrogen and oxygen atoms in total. The number of aromatic amines is 1. The van der Waals surface area contributed by atoms with E-state index in [1.54, 1.807) is 13.8 Å². The van der Waals surface area contributed by atoms with Crippen molar-refractivity contribution in [3.8, 4) is 0 Å². The number of hydrogen-bond acceptors (Lipinski definition) is 5. The third kappa shape index (κ3) is 4.99. The van der Waals surface area contributed by atoms with Crippen LogP contribution in [0.5, 0.6) is 0 Å². The zero-order chi connectivity index (χ0) is 21.1. The van der Waals surface area contributed by atoms with Crippen molar-refractivity contribution in [1.82, 2.24) is 15.3 Å². The first-order valence-electron chi connectivity index (χ1n) is 7.97. The van der Waals surface area contributed by atoms with Gasteiger partial charge in [-0.3, -0.25) is 4.79 Å². The van der Waals surface area contributed by atoms with E-state index in [2.05, 4.69) is 15.3 Å². The van der Waals surface area contributed by atoms with Crippen molar-refractivity contribution in [2.75, 3.05) is 19.4 Å². The van der Waals surface area contributed by atoms with Gasteiger partial charge in [-0.15, -0.1) is 11.8 Å². The van der Waals surface area contributed by atoms with E-state index in [9.17, 15) is 22.8 Å². The fourth-order valence-electron chi connectivity index (χ4n) is 2.47. The number of carbonyl (C=O) groups excluding carboxylic acids is 2.